The Labute approximate surface area is 97.2 Å². The van der Waals surface area contributed by atoms with Crippen molar-refractivity contribution in [3.05, 3.63) is 23.8 Å². The molecule has 0 aromatic rings. The Hall–Kier alpha value is -1.07. The van der Waals surface area contributed by atoms with Crippen LogP contribution in [0.5, 0.6) is 0 Å². The quantitative estimate of drug-likeness (QED) is 0.671. The number of fused-ring (bicyclic) bond motifs is 1. The zero-order chi connectivity index (χ0) is 11.0. The van der Waals surface area contributed by atoms with Crippen molar-refractivity contribution in [2.45, 2.75) is 50.1 Å². The second kappa shape index (κ2) is 3.75. The van der Waals surface area contributed by atoms with Gasteiger partial charge in [0, 0.05) is 12.6 Å². The molecule has 0 saturated carbocycles. The van der Waals surface area contributed by atoms with Crippen LogP contribution in [0.3, 0.4) is 0 Å². The number of piperidine rings is 1. The van der Waals surface area contributed by atoms with Gasteiger partial charge in [0.25, 0.3) is 0 Å². The van der Waals surface area contributed by atoms with Crippen LogP contribution in [0.1, 0.15) is 38.5 Å². The highest BCUT2D eigenvalue weighted by atomic mass is 15.3. The molecule has 0 amide bonds. The van der Waals surface area contributed by atoms with E-state index in [1.807, 2.05) is 0 Å². The third-order valence-electron chi connectivity index (χ3n) is 4.44. The lowest BCUT2D eigenvalue weighted by atomic mass is 9.87. The minimum Gasteiger partial charge on any atom is -0.279 e. The van der Waals surface area contributed by atoms with Crippen LogP contribution in [0.4, 0.5) is 0 Å². The highest BCUT2D eigenvalue weighted by Gasteiger charge is 2.49. The van der Waals surface area contributed by atoms with Crippen molar-refractivity contribution in [2.24, 2.45) is 0 Å². The third kappa shape index (κ3) is 1.28. The molecule has 0 spiro atoms. The fourth-order valence-corrected chi connectivity index (χ4v) is 3.61. The Morgan fingerprint density at radius 2 is 2.31 bits per heavy atom. The largest absolute Gasteiger partial charge is 0.279 e. The summed E-state index contributed by atoms with van der Waals surface area (Å²) in [5, 5.41) is 9.66. The summed E-state index contributed by atoms with van der Waals surface area (Å²) in [5.74, 6) is 0. The highest BCUT2D eigenvalue weighted by molar-refractivity contribution is 5.40. The monoisotopic (exact) mass is 214 g/mol. The third-order valence-corrected chi connectivity index (χ3v) is 4.44. The summed E-state index contributed by atoms with van der Waals surface area (Å²) >= 11 is 0. The summed E-state index contributed by atoms with van der Waals surface area (Å²) in [5.41, 5.74) is 1.08. The molecule has 0 bridgehead atoms. The molecule has 2 aliphatic heterocycles. The van der Waals surface area contributed by atoms with Crippen molar-refractivity contribution in [1.29, 1.82) is 5.26 Å². The van der Waals surface area contributed by atoms with Crippen molar-refractivity contribution in [2.75, 3.05) is 6.54 Å². The first-order chi connectivity index (χ1) is 7.87. The average Bonchev–Trinajstić information content (AvgIpc) is 2.97. The maximum atomic E-state index is 9.66. The molecule has 3 rings (SSSR count). The van der Waals surface area contributed by atoms with Gasteiger partial charge in [-0.1, -0.05) is 24.6 Å². The van der Waals surface area contributed by atoms with Gasteiger partial charge in [-0.25, -0.2) is 0 Å². The smallest absolute Gasteiger partial charge is 0.131 e. The van der Waals surface area contributed by atoms with E-state index >= 15 is 0 Å². The van der Waals surface area contributed by atoms with Crippen molar-refractivity contribution < 1.29 is 0 Å². The Bertz CT molecular complexity index is 388. The molecular weight excluding hydrogens is 196 g/mol. The zero-order valence-electron chi connectivity index (χ0n) is 9.65. The molecule has 1 aliphatic carbocycles. The average molecular weight is 214 g/mol. The molecule has 2 fully saturated rings. The van der Waals surface area contributed by atoms with E-state index in [0.717, 1.165) is 19.4 Å². The second-order valence-corrected chi connectivity index (χ2v) is 5.18. The van der Waals surface area contributed by atoms with E-state index in [9.17, 15) is 5.26 Å². The Morgan fingerprint density at radius 1 is 1.38 bits per heavy atom. The van der Waals surface area contributed by atoms with Crippen LogP contribution in [-0.2, 0) is 0 Å². The Kier molecular flexibility index (Phi) is 2.37. The van der Waals surface area contributed by atoms with E-state index < -0.39 is 0 Å². The van der Waals surface area contributed by atoms with Gasteiger partial charge in [-0.05, 0) is 37.7 Å². The fraction of sp³-hybridized carbons (Fsp3) is 0.643. The summed E-state index contributed by atoms with van der Waals surface area (Å²) in [4.78, 5) is 2.50. The lowest BCUT2D eigenvalue weighted by molar-refractivity contribution is 0.129. The van der Waals surface area contributed by atoms with Crippen LogP contribution >= 0.6 is 0 Å². The number of hydrogen-bond acceptors (Lipinski definition) is 2. The SMILES string of the molecule is N#CC1(C2=CC=CC2)CCC2CCCCN21. The summed E-state index contributed by atoms with van der Waals surface area (Å²) in [6, 6.07) is 3.31. The summed E-state index contributed by atoms with van der Waals surface area (Å²) in [6.45, 7) is 1.12. The molecule has 0 aromatic carbocycles. The van der Waals surface area contributed by atoms with Crippen molar-refractivity contribution >= 4 is 0 Å². The standard InChI is InChI=1S/C14H18N2/c15-11-14(12-5-1-2-6-12)9-8-13-7-3-4-10-16(13)14/h1-2,5,13H,3-4,6-10H2. The maximum Gasteiger partial charge on any atom is 0.131 e. The van der Waals surface area contributed by atoms with Crippen LogP contribution < -0.4 is 0 Å². The molecule has 0 N–H and O–H groups in total. The van der Waals surface area contributed by atoms with Crippen LogP contribution in [0.2, 0.25) is 0 Å². The van der Waals surface area contributed by atoms with Gasteiger partial charge in [0.05, 0.1) is 6.07 Å². The molecule has 2 heteroatoms. The van der Waals surface area contributed by atoms with Gasteiger partial charge in [-0.15, -0.1) is 0 Å². The van der Waals surface area contributed by atoms with Crippen LogP contribution in [0.15, 0.2) is 23.8 Å². The molecule has 0 aromatic heterocycles. The minimum atomic E-state index is -0.255. The number of nitriles is 1. The summed E-state index contributed by atoms with van der Waals surface area (Å²) < 4.78 is 0. The summed E-state index contributed by atoms with van der Waals surface area (Å²) in [7, 11) is 0. The first-order valence-corrected chi connectivity index (χ1v) is 6.41. The van der Waals surface area contributed by atoms with Crippen molar-refractivity contribution in [3.63, 3.8) is 0 Å². The molecule has 2 nitrogen and oxygen atoms in total. The number of rotatable bonds is 1. The van der Waals surface area contributed by atoms with Gasteiger partial charge in [-0.3, -0.25) is 4.90 Å². The topological polar surface area (TPSA) is 27.0 Å². The molecule has 84 valence electrons. The number of nitrogens with zero attached hydrogens (tertiary/aromatic N) is 2. The molecule has 0 radical (unpaired) electrons. The van der Waals surface area contributed by atoms with E-state index in [4.69, 9.17) is 0 Å². The first-order valence-electron chi connectivity index (χ1n) is 6.41. The number of allylic oxidation sites excluding steroid dienone is 3. The maximum absolute atomic E-state index is 9.66. The number of hydrogen-bond donors (Lipinski definition) is 0. The van der Waals surface area contributed by atoms with Crippen LogP contribution in [0, 0.1) is 11.3 Å². The minimum absolute atomic E-state index is 0.255. The van der Waals surface area contributed by atoms with E-state index in [-0.39, 0.29) is 5.54 Å². The van der Waals surface area contributed by atoms with Crippen molar-refractivity contribution in [1.82, 2.24) is 4.90 Å². The van der Waals surface area contributed by atoms with E-state index in [1.165, 1.54) is 31.3 Å². The normalized spacial score (nSPS) is 38.2. The summed E-state index contributed by atoms with van der Waals surface area (Å²) in [6.07, 6.45) is 13.6. The molecule has 2 heterocycles. The molecule has 16 heavy (non-hydrogen) atoms. The molecule has 2 atom stereocenters. The van der Waals surface area contributed by atoms with Gasteiger partial charge >= 0.3 is 0 Å². The zero-order valence-corrected chi connectivity index (χ0v) is 9.65. The fourth-order valence-electron chi connectivity index (χ4n) is 3.61. The molecule has 2 unspecified atom stereocenters. The highest BCUT2D eigenvalue weighted by Crippen LogP contribution is 2.44. The van der Waals surface area contributed by atoms with Gasteiger partial charge in [0.1, 0.15) is 5.54 Å². The Morgan fingerprint density at radius 3 is 3.06 bits per heavy atom. The van der Waals surface area contributed by atoms with Crippen LogP contribution in [0.25, 0.3) is 0 Å². The predicted molar refractivity (Wildman–Crippen MR) is 63.8 cm³/mol. The van der Waals surface area contributed by atoms with Crippen molar-refractivity contribution in [3.8, 4) is 6.07 Å². The lowest BCUT2D eigenvalue weighted by Gasteiger charge is -2.39. The van der Waals surface area contributed by atoms with Gasteiger partial charge in [-0.2, -0.15) is 5.26 Å². The van der Waals surface area contributed by atoms with Gasteiger partial charge in [0.15, 0.2) is 0 Å². The molecular formula is C14H18N2. The van der Waals surface area contributed by atoms with Crippen LogP contribution in [-0.4, -0.2) is 23.0 Å². The first kappa shape index (κ1) is 10.1. The second-order valence-electron chi connectivity index (χ2n) is 5.18. The van der Waals surface area contributed by atoms with E-state index in [1.54, 1.807) is 0 Å². The lowest BCUT2D eigenvalue weighted by Crippen LogP contribution is -2.49. The predicted octanol–water partition coefficient (Wildman–Crippen LogP) is 2.78. The molecule has 3 aliphatic rings. The van der Waals surface area contributed by atoms with E-state index in [2.05, 4.69) is 29.2 Å². The van der Waals surface area contributed by atoms with Gasteiger partial charge < -0.3 is 0 Å². The van der Waals surface area contributed by atoms with Gasteiger partial charge in [0.2, 0.25) is 0 Å². The van der Waals surface area contributed by atoms with E-state index in [0.29, 0.717) is 6.04 Å². The molecule has 2 saturated heterocycles. The Balaban J connectivity index is 1.93.